The number of aliphatic carboxylic acids is 1. The summed E-state index contributed by atoms with van der Waals surface area (Å²) in [6.45, 7) is 1.94. The van der Waals surface area contributed by atoms with E-state index < -0.39 is 11.4 Å². The summed E-state index contributed by atoms with van der Waals surface area (Å²) in [7, 11) is 2.06. The molecule has 0 spiro atoms. The standard InChI is InChI=1S/C12H21N3O3/c1-15-6-2-3-9(15)7-13-11(18)14-8-12(4-5-12)10(16)17/h9H,2-8H2,1H3,(H,16,17)(H2,13,14,18). The van der Waals surface area contributed by atoms with Gasteiger partial charge in [-0.05, 0) is 39.3 Å². The van der Waals surface area contributed by atoms with Crippen LogP contribution >= 0.6 is 0 Å². The van der Waals surface area contributed by atoms with Gasteiger partial charge in [0.15, 0.2) is 0 Å². The number of carbonyl (C=O) groups excluding carboxylic acids is 1. The quantitative estimate of drug-likeness (QED) is 0.657. The van der Waals surface area contributed by atoms with Crippen LogP contribution < -0.4 is 10.6 Å². The molecule has 0 radical (unpaired) electrons. The first-order chi connectivity index (χ1) is 8.53. The summed E-state index contributed by atoms with van der Waals surface area (Å²) in [5.74, 6) is -0.807. The van der Waals surface area contributed by atoms with Crippen molar-refractivity contribution >= 4 is 12.0 Å². The minimum atomic E-state index is -0.807. The lowest BCUT2D eigenvalue weighted by molar-refractivity contribution is -0.143. The molecule has 1 atom stereocenters. The van der Waals surface area contributed by atoms with Crippen molar-refractivity contribution < 1.29 is 14.7 Å². The lowest BCUT2D eigenvalue weighted by atomic mass is 10.1. The zero-order valence-corrected chi connectivity index (χ0v) is 10.7. The van der Waals surface area contributed by atoms with Gasteiger partial charge < -0.3 is 20.6 Å². The molecule has 2 rings (SSSR count). The number of likely N-dealkylation sites (N-methyl/N-ethyl adjacent to an activating group) is 1. The third-order valence-corrected chi connectivity index (χ3v) is 4.06. The molecular weight excluding hydrogens is 234 g/mol. The van der Waals surface area contributed by atoms with Crippen LogP contribution in [0.15, 0.2) is 0 Å². The van der Waals surface area contributed by atoms with E-state index >= 15 is 0 Å². The van der Waals surface area contributed by atoms with Crippen LogP contribution in [0.4, 0.5) is 4.79 Å². The second-order valence-corrected chi connectivity index (χ2v) is 5.43. The average molecular weight is 255 g/mol. The Morgan fingerprint density at radius 3 is 2.61 bits per heavy atom. The van der Waals surface area contributed by atoms with E-state index in [9.17, 15) is 9.59 Å². The van der Waals surface area contributed by atoms with E-state index in [1.54, 1.807) is 0 Å². The lowest BCUT2D eigenvalue weighted by Crippen LogP contribution is -2.45. The van der Waals surface area contributed by atoms with Gasteiger partial charge in [-0.3, -0.25) is 4.79 Å². The molecule has 0 aromatic heterocycles. The summed E-state index contributed by atoms with van der Waals surface area (Å²) in [6.07, 6.45) is 3.60. The van der Waals surface area contributed by atoms with Crippen LogP contribution in [0.5, 0.6) is 0 Å². The van der Waals surface area contributed by atoms with Gasteiger partial charge in [0.05, 0.1) is 5.41 Å². The van der Waals surface area contributed by atoms with E-state index in [-0.39, 0.29) is 12.6 Å². The molecule has 6 heteroatoms. The summed E-state index contributed by atoms with van der Waals surface area (Å²) < 4.78 is 0. The molecule has 2 amide bonds. The van der Waals surface area contributed by atoms with Gasteiger partial charge in [0, 0.05) is 19.1 Å². The Morgan fingerprint density at radius 1 is 1.39 bits per heavy atom. The monoisotopic (exact) mass is 255 g/mol. The molecule has 1 saturated carbocycles. The van der Waals surface area contributed by atoms with Gasteiger partial charge in [0.2, 0.25) is 0 Å². The molecule has 1 heterocycles. The molecule has 6 nitrogen and oxygen atoms in total. The molecule has 102 valence electrons. The molecule has 0 aromatic rings. The lowest BCUT2D eigenvalue weighted by Gasteiger charge is -2.20. The number of urea groups is 1. The van der Waals surface area contributed by atoms with Crippen LogP contribution in [0.3, 0.4) is 0 Å². The Kier molecular flexibility index (Phi) is 3.75. The molecule has 1 unspecified atom stereocenters. The largest absolute Gasteiger partial charge is 0.481 e. The average Bonchev–Trinajstić information content (AvgIpc) is 3.02. The highest BCUT2D eigenvalue weighted by molar-refractivity contribution is 5.80. The summed E-state index contributed by atoms with van der Waals surface area (Å²) in [6, 6.07) is 0.146. The van der Waals surface area contributed by atoms with E-state index in [1.165, 1.54) is 6.42 Å². The molecule has 1 saturated heterocycles. The number of hydrogen-bond donors (Lipinski definition) is 3. The Hall–Kier alpha value is -1.30. The Labute approximate surface area is 107 Å². The van der Waals surface area contributed by atoms with Crippen LogP contribution in [-0.4, -0.2) is 54.7 Å². The van der Waals surface area contributed by atoms with Crippen molar-refractivity contribution in [1.29, 1.82) is 0 Å². The first-order valence-electron chi connectivity index (χ1n) is 6.49. The molecule has 0 aromatic carbocycles. The normalized spacial score (nSPS) is 25.7. The number of amides is 2. The van der Waals surface area contributed by atoms with Gasteiger partial charge in [-0.15, -0.1) is 0 Å². The summed E-state index contributed by atoms with van der Waals surface area (Å²) in [5.41, 5.74) is -0.693. The first kappa shape index (κ1) is 13.1. The topological polar surface area (TPSA) is 81.7 Å². The molecule has 3 N–H and O–H groups in total. The zero-order valence-electron chi connectivity index (χ0n) is 10.7. The van der Waals surface area contributed by atoms with Crippen LogP contribution in [0, 0.1) is 5.41 Å². The number of nitrogens with zero attached hydrogens (tertiary/aromatic N) is 1. The molecule has 1 aliphatic heterocycles. The Morgan fingerprint density at radius 2 is 2.11 bits per heavy atom. The predicted octanol–water partition coefficient (Wildman–Crippen LogP) is 0.245. The minimum Gasteiger partial charge on any atom is -0.481 e. The maximum absolute atomic E-state index is 11.6. The fraction of sp³-hybridized carbons (Fsp3) is 0.833. The molecule has 2 aliphatic rings. The van der Waals surface area contributed by atoms with Crippen molar-refractivity contribution in [2.75, 3.05) is 26.7 Å². The fourth-order valence-electron chi connectivity index (χ4n) is 2.38. The second-order valence-electron chi connectivity index (χ2n) is 5.43. The van der Waals surface area contributed by atoms with Gasteiger partial charge in [-0.25, -0.2) is 4.79 Å². The highest BCUT2D eigenvalue weighted by Gasteiger charge is 2.50. The maximum atomic E-state index is 11.6. The SMILES string of the molecule is CN1CCCC1CNC(=O)NCC1(C(=O)O)CC1. The van der Waals surface area contributed by atoms with Crippen LogP contribution in [-0.2, 0) is 4.79 Å². The van der Waals surface area contributed by atoms with Crippen molar-refractivity contribution in [3.8, 4) is 0 Å². The van der Waals surface area contributed by atoms with Gasteiger partial charge in [-0.2, -0.15) is 0 Å². The third kappa shape index (κ3) is 2.93. The van der Waals surface area contributed by atoms with Crippen molar-refractivity contribution in [2.45, 2.75) is 31.7 Å². The third-order valence-electron chi connectivity index (χ3n) is 4.06. The Balaban J connectivity index is 1.65. The van der Waals surface area contributed by atoms with Crippen molar-refractivity contribution in [3.63, 3.8) is 0 Å². The number of carboxylic acid groups (broad SMARTS) is 1. The molecule has 1 aliphatic carbocycles. The van der Waals surface area contributed by atoms with Crippen LogP contribution in [0.2, 0.25) is 0 Å². The Bertz CT molecular complexity index is 341. The summed E-state index contributed by atoms with van der Waals surface area (Å²) in [4.78, 5) is 24.7. The maximum Gasteiger partial charge on any atom is 0.314 e. The van der Waals surface area contributed by atoms with E-state index in [0.29, 0.717) is 25.4 Å². The summed E-state index contributed by atoms with van der Waals surface area (Å²) in [5, 5.41) is 14.4. The van der Waals surface area contributed by atoms with E-state index in [1.807, 2.05) is 0 Å². The molecule has 0 bridgehead atoms. The smallest absolute Gasteiger partial charge is 0.314 e. The van der Waals surface area contributed by atoms with Gasteiger partial charge >= 0.3 is 12.0 Å². The second kappa shape index (κ2) is 5.14. The van der Waals surface area contributed by atoms with E-state index in [4.69, 9.17) is 5.11 Å². The number of nitrogens with one attached hydrogen (secondary N) is 2. The number of hydrogen-bond acceptors (Lipinski definition) is 3. The van der Waals surface area contributed by atoms with Crippen molar-refractivity contribution in [2.24, 2.45) is 5.41 Å². The van der Waals surface area contributed by atoms with E-state index in [0.717, 1.165) is 13.0 Å². The predicted molar refractivity (Wildman–Crippen MR) is 66.4 cm³/mol. The van der Waals surface area contributed by atoms with Crippen LogP contribution in [0.1, 0.15) is 25.7 Å². The van der Waals surface area contributed by atoms with E-state index in [2.05, 4.69) is 22.6 Å². The first-order valence-corrected chi connectivity index (χ1v) is 6.49. The summed E-state index contributed by atoms with van der Waals surface area (Å²) >= 11 is 0. The van der Waals surface area contributed by atoms with Crippen molar-refractivity contribution in [3.05, 3.63) is 0 Å². The number of carbonyl (C=O) groups is 2. The van der Waals surface area contributed by atoms with Crippen molar-refractivity contribution in [1.82, 2.24) is 15.5 Å². The van der Waals surface area contributed by atoms with Crippen LogP contribution in [0.25, 0.3) is 0 Å². The number of carboxylic acids is 1. The number of likely N-dealkylation sites (tertiary alicyclic amines) is 1. The van der Waals surface area contributed by atoms with Gasteiger partial charge in [0.1, 0.15) is 0 Å². The van der Waals surface area contributed by atoms with Gasteiger partial charge in [0.25, 0.3) is 0 Å². The molecule has 18 heavy (non-hydrogen) atoms. The van der Waals surface area contributed by atoms with Gasteiger partial charge in [-0.1, -0.05) is 0 Å². The number of rotatable bonds is 5. The fourth-order valence-corrected chi connectivity index (χ4v) is 2.38. The highest BCUT2D eigenvalue weighted by Crippen LogP contribution is 2.45. The highest BCUT2D eigenvalue weighted by atomic mass is 16.4. The minimum absolute atomic E-state index is 0.231. The zero-order chi connectivity index (χ0) is 13.2. The molecule has 2 fully saturated rings. The molecular formula is C12H21N3O3.